The fraction of sp³-hybridized carbons (Fsp3) is 0.462. The summed E-state index contributed by atoms with van der Waals surface area (Å²) in [5, 5.41) is 0. The van der Waals surface area contributed by atoms with Crippen LogP contribution in [0.3, 0.4) is 0 Å². The molecule has 1 aromatic carbocycles. The van der Waals surface area contributed by atoms with E-state index < -0.39 is 0 Å². The average Bonchev–Trinajstić information content (AvgIpc) is 2.29. The van der Waals surface area contributed by atoms with E-state index >= 15 is 0 Å². The van der Waals surface area contributed by atoms with Crippen LogP contribution in [0.2, 0.25) is 0 Å². The Morgan fingerprint density at radius 3 is 2.44 bits per heavy atom. The Morgan fingerprint density at radius 2 is 1.94 bits per heavy atom. The van der Waals surface area contributed by atoms with Crippen LogP contribution in [0.15, 0.2) is 6.07 Å². The van der Waals surface area contributed by atoms with E-state index in [4.69, 9.17) is 9.47 Å². The largest absolute Gasteiger partial charge is 0.496 e. The van der Waals surface area contributed by atoms with Crippen molar-refractivity contribution in [2.75, 3.05) is 14.2 Å². The molecule has 0 aromatic heterocycles. The lowest BCUT2D eigenvalue weighted by atomic mass is 9.99. The van der Waals surface area contributed by atoms with Gasteiger partial charge in [-0.15, -0.1) is 0 Å². The van der Waals surface area contributed by atoms with E-state index in [2.05, 4.69) is 0 Å². The van der Waals surface area contributed by atoms with Crippen molar-refractivity contribution in [3.05, 3.63) is 22.8 Å². The van der Waals surface area contributed by atoms with E-state index in [0.717, 1.165) is 34.5 Å². The van der Waals surface area contributed by atoms with E-state index in [1.807, 2.05) is 19.9 Å². The Hall–Kier alpha value is -1.51. The van der Waals surface area contributed by atoms with Crippen LogP contribution in [0.4, 0.5) is 0 Å². The van der Waals surface area contributed by atoms with Gasteiger partial charge in [0.25, 0.3) is 0 Å². The molecule has 0 fully saturated rings. The molecule has 0 saturated heterocycles. The quantitative estimate of drug-likeness (QED) is 0.718. The summed E-state index contributed by atoms with van der Waals surface area (Å²) in [5.74, 6) is 1.66. The number of aldehydes is 1. The molecular weight excluding hydrogens is 204 g/mol. The minimum absolute atomic E-state index is 0.517. The van der Waals surface area contributed by atoms with Gasteiger partial charge in [0, 0.05) is 12.0 Å². The molecule has 0 amide bonds. The molecular formula is C13H18O3. The molecule has 0 heterocycles. The molecule has 0 N–H and O–H groups in total. The van der Waals surface area contributed by atoms with Crippen LogP contribution in [0, 0.1) is 13.8 Å². The van der Waals surface area contributed by atoms with Gasteiger partial charge in [-0.2, -0.15) is 0 Å². The molecule has 0 aliphatic carbocycles. The Bertz CT molecular complexity index is 383. The van der Waals surface area contributed by atoms with Crippen LogP contribution >= 0.6 is 0 Å². The fourth-order valence-corrected chi connectivity index (χ4v) is 1.91. The Balaban J connectivity index is 3.25. The van der Waals surface area contributed by atoms with Crippen molar-refractivity contribution in [1.82, 2.24) is 0 Å². The van der Waals surface area contributed by atoms with Gasteiger partial charge in [0.15, 0.2) is 0 Å². The number of carbonyl (C=O) groups is 1. The first-order valence-electron chi connectivity index (χ1n) is 5.30. The molecule has 0 radical (unpaired) electrons. The summed E-state index contributed by atoms with van der Waals surface area (Å²) in [5.41, 5.74) is 3.17. The van der Waals surface area contributed by atoms with Crippen LogP contribution in [-0.2, 0) is 11.2 Å². The number of ether oxygens (including phenoxy) is 2. The SMILES string of the molecule is COc1cc(C)c(CCC=O)c(OC)c1C. The molecule has 0 atom stereocenters. The van der Waals surface area contributed by atoms with E-state index in [-0.39, 0.29) is 0 Å². The zero-order valence-corrected chi connectivity index (χ0v) is 10.3. The monoisotopic (exact) mass is 222 g/mol. The van der Waals surface area contributed by atoms with Crippen LogP contribution in [0.25, 0.3) is 0 Å². The zero-order valence-electron chi connectivity index (χ0n) is 10.3. The summed E-state index contributed by atoms with van der Waals surface area (Å²) in [4.78, 5) is 10.4. The van der Waals surface area contributed by atoms with E-state index in [9.17, 15) is 4.79 Å². The smallest absolute Gasteiger partial charge is 0.128 e. The summed E-state index contributed by atoms with van der Waals surface area (Å²) in [6, 6.07) is 1.98. The predicted octanol–water partition coefficient (Wildman–Crippen LogP) is 2.45. The Kier molecular flexibility index (Phi) is 4.35. The van der Waals surface area contributed by atoms with Gasteiger partial charge >= 0.3 is 0 Å². The lowest BCUT2D eigenvalue weighted by Crippen LogP contribution is -2.01. The molecule has 1 rings (SSSR count). The minimum atomic E-state index is 0.517. The van der Waals surface area contributed by atoms with Gasteiger partial charge in [0.05, 0.1) is 14.2 Å². The van der Waals surface area contributed by atoms with Gasteiger partial charge in [-0.3, -0.25) is 0 Å². The highest BCUT2D eigenvalue weighted by Crippen LogP contribution is 2.34. The summed E-state index contributed by atoms with van der Waals surface area (Å²) in [6.07, 6.45) is 2.16. The first kappa shape index (κ1) is 12.6. The average molecular weight is 222 g/mol. The standard InChI is InChI=1S/C13H18O3/c1-9-8-12(15-3)10(2)13(16-4)11(9)6-5-7-14/h7-8H,5-6H2,1-4H3. The van der Waals surface area contributed by atoms with Crippen molar-refractivity contribution in [1.29, 1.82) is 0 Å². The molecule has 88 valence electrons. The number of methoxy groups -OCH3 is 2. The van der Waals surface area contributed by atoms with E-state index in [0.29, 0.717) is 12.8 Å². The van der Waals surface area contributed by atoms with Crippen LogP contribution in [0.5, 0.6) is 11.5 Å². The van der Waals surface area contributed by atoms with Crippen LogP contribution in [-0.4, -0.2) is 20.5 Å². The molecule has 1 aromatic rings. The number of rotatable bonds is 5. The van der Waals surface area contributed by atoms with Crippen LogP contribution < -0.4 is 9.47 Å². The highest BCUT2D eigenvalue weighted by molar-refractivity contribution is 5.56. The van der Waals surface area contributed by atoms with Crippen LogP contribution in [0.1, 0.15) is 23.1 Å². The summed E-state index contributed by atoms with van der Waals surface area (Å²) >= 11 is 0. The molecule has 3 heteroatoms. The maximum atomic E-state index is 10.4. The molecule has 0 spiro atoms. The minimum Gasteiger partial charge on any atom is -0.496 e. The van der Waals surface area contributed by atoms with Crippen molar-refractivity contribution in [3.63, 3.8) is 0 Å². The highest BCUT2D eigenvalue weighted by Gasteiger charge is 2.14. The van der Waals surface area contributed by atoms with Crippen molar-refractivity contribution < 1.29 is 14.3 Å². The highest BCUT2D eigenvalue weighted by atomic mass is 16.5. The molecule has 16 heavy (non-hydrogen) atoms. The summed E-state index contributed by atoms with van der Waals surface area (Å²) < 4.78 is 10.7. The van der Waals surface area contributed by atoms with Crippen molar-refractivity contribution in [3.8, 4) is 11.5 Å². The number of benzene rings is 1. The third kappa shape index (κ3) is 2.35. The van der Waals surface area contributed by atoms with Gasteiger partial charge in [-0.05, 0) is 37.5 Å². The second-order valence-electron chi connectivity index (χ2n) is 3.74. The first-order valence-corrected chi connectivity index (χ1v) is 5.30. The third-order valence-electron chi connectivity index (χ3n) is 2.74. The van der Waals surface area contributed by atoms with Gasteiger partial charge in [-0.1, -0.05) is 0 Å². The second-order valence-corrected chi connectivity index (χ2v) is 3.74. The number of hydrogen-bond donors (Lipinski definition) is 0. The Morgan fingerprint density at radius 1 is 1.25 bits per heavy atom. The van der Waals surface area contributed by atoms with Gasteiger partial charge in [0.1, 0.15) is 17.8 Å². The molecule has 0 aliphatic rings. The number of aryl methyl sites for hydroxylation is 1. The second kappa shape index (κ2) is 5.54. The van der Waals surface area contributed by atoms with Crippen molar-refractivity contribution in [2.24, 2.45) is 0 Å². The number of carbonyl (C=O) groups excluding carboxylic acids is 1. The van der Waals surface area contributed by atoms with Crippen molar-refractivity contribution in [2.45, 2.75) is 26.7 Å². The normalized spacial score (nSPS) is 10.0. The maximum Gasteiger partial charge on any atom is 0.128 e. The Labute approximate surface area is 96.4 Å². The topological polar surface area (TPSA) is 35.5 Å². The first-order chi connectivity index (χ1) is 7.65. The maximum absolute atomic E-state index is 10.4. The lowest BCUT2D eigenvalue weighted by molar-refractivity contribution is -0.107. The van der Waals surface area contributed by atoms with Crippen molar-refractivity contribution >= 4 is 6.29 Å². The van der Waals surface area contributed by atoms with Gasteiger partial charge in [0.2, 0.25) is 0 Å². The number of hydrogen-bond acceptors (Lipinski definition) is 3. The van der Waals surface area contributed by atoms with E-state index in [1.165, 1.54) is 0 Å². The van der Waals surface area contributed by atoms with Gasteiger partial charge < -0.3 is 14.3 Å². The predicted molar refractivity (Wildman–Crippen MR) is 63.4 cm³/mol. The molecule has 0 unspecified atom stereocenters. The molecule has 0 aliphatic heterocycles. The lowest BCUT2D eigenvalue weighted by Gasteiger charge is -2.16. The molecule has 0 bridgehead atoms. The van der Waals surface area contributed by atoms with Gasteiger partial charge in [-0.25, -0.2) is 0 Å². The molecule has 3 nitrogen and oxygen atoms in total. The zero-order chi connectivity index (χ0) is 12.1. The summed E-state index contributed by atoms with van der Waals surface area (Å²) in [6.45, 7) is 3.96. The summed E-state index contributed by atoms with van der Waals surface area (Å²) in [7, 11) is 3.29. The third-order valence-corrected chi connectivity index (χ3v) is 2.74. The van der Waals surface area contributed by atoms with E-state index in [1.54, 1.807) is 14.2 Å². The molecule has 0 saturated carbocycles. The fourth-order valence-electron chi connectivity index (χ4n) is 1.91.